The van der Waals surface area contributed by atoms with Crippen molar-refractivity contribution in [3.05, 3.63) is 77.6 Å². The van der Waals surface area contributed by atoms with Crippen LogP contribution in [-0.2, 0) is 4.89 Å². The zero-order chi connectivity index (χ0) is 15.1. The van der Waals surface area contributed by atoms with E-state index in [0.29, 0.717) is 0 Å². The van der Waals surface area contributed by atoms with Gasteiger partial charge in [-0.25, -0.2) is 4.79 Å². The van der Waals surface area contributed by atoms with Gasteiger partial charge in [-0.05, 0) is 29.0 Å². The molecule has 3 rings (SSSR count). The van der Waals surface area contributed by atoms with Crippen LogP contribution >= 0.6 is 11.6 Å². The van der Waals surface area contributed by atoms with Crippen molar-refractivity contribution >= 4 is 28.3 Å². The van der Waals surface area contributed by atoms with Crippen LogP contribution in [-0.4, -0.2) is 16.2 Å². The molecule has 4 nitrogen and oxygen atoms in total. The molecule has 0 spiro atoms. The van der Waals surface area contributed by atoms with Crippen molar-refractivity contribution in [1.82, 2.24) is 4.98 Å². The van der Waals surface area contributed by atoms with Crippen LogP contribution in [0.2, 0.25) is 5.02 Å². The first-order valence-corrected chi connectivity index (χ1v) is 6.49. The first-order chi connectivity index (χ1) is 10.2. The molecule has 21 heavy (non-hydrogen) atoms. The number of carbonyl (C=O) groups excluding carboxylic acids is 1. The molecule has 106 valence electrons. The molecule has 1 aromatic heterocycles. The van der Waals surface area contributed by atoms with E-state index in [-0.39, 0.29) is 10.6 Å². The molecule has 3 aromatic rings. The van der Waals surface area contributed by atoms with Crippen molar-refractivity contribution in [1.29, 1.82) is 0 Å². The average molecular weight is 302 g/mol. The summed E-state index contributed by atoms with van der Waals surface area (Å²) in [5.41, 5.74) is 0.150. The summed E-state index contributed by atoms with van der Waals surface area (Å²) in [7, 11) is 0. The maximum atomic E-state index is 10.7. The fourth-order valence-corrected chi connectivity index (χ4v) is 1.92. The van der Waals surface area contributed by atoms with Crippen molar-refractivity contribution in [3.8, 4) is 0 Å². The summed E-state index contributed by atoms with van der Waals surface area (Å²) >= 11 is 5.59. The summed E-state index contributed by atoms with van der Waals surface area (Å²) in [5, 5.41) is 10.7. The third kappa shape index (κ3) is 4.02. The van der Waals surface area contributed by atoms with Crippen molar-refractivity contribution in [2.75, 3.05) is 0 Å². The Labute approximate surface area is 126 Å². The first-order valence-electron chi connectivity index (χ1n) is 6.11. The number of aromatic nitrogens is 1. The minimum absolute atomic E-state index is 0.150. The third-order valence-corrected chi connectivity index (χ3v) is 3.06. The summed E-state index contributed by atoms with van der Waals surface area (Å²) in [5.74, 6) is -0.851. The van der Waals surface area contributed by atoms with Crippen molar-refractivity contribution < 1.29 is 14.9 Å². The van der Waals surface area contributed by atoms with Gasteiger partial charge in [0, 0.05) is 12.4 Å². The van der Waals surface area contributed by atoms with E-state index in [1.165, 1.54) is 22.9 Å². The molecule has 0 aliphatic carbocycles. The molecule has 0 atom stereocenters. The molecule has 0 saturated carbocycles. The van der Waals surface area contributed by atoms with Crippen LogP contribution in [0.4, 0.5) is 0 Å². The monoisotopic (exact) mass is 301 g/mol. The van der Waals surface area contributed by atoms with E-state index in [0.717, 1.165) is 0 Å². The number of pyridine rings is 1. The van der Waals surface area contributed by atoms with E-state index >= 15 is 0 Å². The van der Waals surface area contributed by atoms with Crippen LogP contribution in [0, 0.1) is 0 Å². The second-order valence-electron chi connectivity index (χ2n) is 4.08. The van der Waals surface area contributed by atoms with Gasteiger partial charge in [-0.15, -0.1) is 0 Å². The van der Waals surface area contributed by atoms with Gasteiger partial charge in [0.25, 0.3) is 0 Å². The van der Waals surface area contributed by atoms with Crippen molar-refractivity contribution in [2.24, 2.45) is 0 Å². The van der Waals surface area contributed by atoms with Gasteiger partial charge in [-0.2, -0.15) is 5.26 Å². The van der Waals surface area contributed by atoms with Crippen LogP contribution in [0.3, 0.4) is 0 Å². The molecule has 0 amide bonds. The van der Waals surface area contributed by atoms with Gasteiger partial charge in [0.2, 0.25) is 0 Å². The zero-order valence-electron chi connectivity index (χ0n) is 10.9. The molecule has 0 saturated heterocycles. The Bertz CT molecular complexity index is 681. The van der Waals surface area contributed by atoms with E-state index in [4.69, 9.17) is 16.9 Å². The molecule has 0 fully saturated rings. The summed E-state index contributed by atoms with van der Waals surface area (Å²) in [6.45, 7) is 0. The lowest BCUT2D eigenvalue weighted by Crippen LogP contribution is -2.01. The van der Waals surface area contributed by atoms with Gasteiger partial charge < -0.3 is 0 Å². The molecule has 0 aliphatic rings. The number of nitrogens with zero attached hydrogens (tertiary/aromatic N) is 1. The predicted molar refractivity (Wildman–Crippen MR) is 81.2 cm³/mol. The smallest absolute Gasteiger partial charge is 0.295 e. The zero-order valence-corrected chi connectivity index (χ0v) is 11.7. The number of rotatable bonds is 1. The minimum atomic E-state index is -0.851. The fourth-order valence-electron chi connectivity index (χ4n) is 1.70. The fraction of sp³-hybridized carbons (Fsp3) is 0. The van der Waals surface area contributed by atoms with Crippen LogP contribution in [0.5, 0.6) is 0 Å². The molecular formula is C16H12ClNO3. The highest BCUT2D eigenvalue weighted by molar-refractivity contribution is 6.33. The lowest BCUT2D eigenvalue weighted by molar-refractivity contribution is -0.182. The Balaban J connectivity index is 0.000000154. The highest BCUT2D eigenvalue weighted by Gasteiger charge is 2.09. The van der Waals surface area contributed by atoms with Crippen LogP contribution < -0.4 is 0 Å². The number of hydrogen-bond donors (Lipinski definition) is 1. The van der Waals surface area contributed by atoms with Crippen molar-refractivity contribution in [2.45, 2.75) is 0 Å². The molecule has 0 radical (unpaired) electrons. The molecule has 2 aromatic carbocycles. The molecule has 1 N–H and O–H groups in total. The number of fused-ring (bicyclic) bond motifs is 1. The summed E-state index contributed by atoms with van der Waals surface area (Å²) < 4.78 is 0. The highest BCUT2D eigenvalue weighted by atomic mass is 35.5. The van der Waals surface area contributed by atoms with Crippen LogP contribution in [0.25, 0.3) is 10.8 Å². The highest BCUT2D eigenvalue weighted by Crippen LogP contribution is 2.15. The maximum Gasteiger partial charge on any atom is 0.374 e. The molecule has 0 unspecified atom stereocenters. The molecule has 1 heterocycles. The average Bonchev–Trinajstić information content (AvgIpc) is 2.55. The SMILES string of the molecule is O=C(OO)c1ccccc1Cl.c1ccc2cnccc2c1. The van der Waals surface area contributed by atoms with Crippen LogP contribution in [0.15, 0.2) is 67.0 Å². The Morgan fingerprint density at radius 3 is 2.33 bits per heavy atom. The van der Waals surface area contributed by atoms with Crippen molar-refractivity contribution in [3.63, 3.8) is 0 Å². The summed E-state index contributed by atoms with van der Waals surface area (Å²) in [6.07, 6.45) is 3.68. The van der Waals surface area contributed by atoms with E-state index in [2.05, 4.69) is 22.0 Å². The molecule has 5 heteroatoms. The summed E-state index contributed by atoms with van der Waals surface area (Å²) in [4.78, 5) is 18.2. The first kappa shape index (κ1) is 15.0. The van der Waals surface area contributed by atoms with E-state index in [1.54, 1.807) is 12.1 Å². The van der Waals surface area contributed by atoms with E-state index in [1.807, 2.05) is 30.6 Å². The van der Waals surface area contributed by atoms with Gasteiger partial charge in [0.15, 0.2) is 0 Å². The number of carbonyl (C=O) groups is 1. The molecular weight excluding hydrogens is 290 g/mol. The topological polar surface area (TPSA) is 59.4 Å². The summed E-state index contributed by atoms with van der Waals surface area (Å²) in [6, 6.07) is 16.5. The van der Waals surface area contributed by atoms with E-state index in [9.17, 15) is 4.79 Å². The lowest BCUT2D eigenvalue weighted by atomic mass is 10.2. The van der Waals surface area contributed by atoms with Gasteiger partial charge in [-0.3, -0.25) is 9.87 Å². The van der Waals surface area contributed by atoms with Gasteiger partial charge in [-0.1, -0.05) is 48.0 Å². The largest absolute Gasteiger partial charge is 0.374 e. The van der Waals surface area contributed by atoms with Crippen LogP contribution in [0.1, 0.15) is 10.4 Å². The quantitative estimate of drug-likeness (QED) is 0.540. The second kappa shape index (κ2) is 7.38. The standard InChI is InChI=1S/C9H7N.C7H5ClO3/c1-2-4-9-7-10-6-5-8(9)3-1;8-6-4-2-1-3-5(6)7(9)11-10/h1-7H;1-4,10H. The molecule has 0 bridgehead atoms. The normalized spacial score (nSPS) is 9.62. The predicted octanol–water partition coefficient (Wildman–Crippen LogP) is 4.20. The van der Waals surface area contributed by atoms with Gasteiger partial charge >= 0.3 is 5.97 Å². The second-order valence-corrected chi connectivity index (χ2v) is 4.49. The Kier molecular flexibility index (Phi) is 5.26. The Hall–Kier alpha value is -2.43. The number of hydrogen-bond acceptors (Lipinski definition) is 4. The van der Waals surface area contributed by atoms with Gasteiger partial charge in [0.05, 0.1) is 10.6 Å². The lowest BCUT2D eigenvalue weighted by Gasteiger charge is -1.97. The number of benzene rings is 2. The van der Waals surface area contributed by atoms with E-state index < -0.39 is 5.97 Å². The number of halogens is 1. The minimum Gasteiger partial charge on any atom is -0.295 e. The Morgan fingerprint density at radius 1 is 1.00 bits per heavy atom. The Morgan fingerprint density at radius 2 is 1.67 bits per heavy atom. The maximum absolute atomic E-state index is 10.7. The van der Waals surface area contributed by atoms with Gasteiger partial charge in [0.1, 0.15) is 0 Å². The third-order valence-electron chi connectivity index (χ3n) is 2.73. The molecule has 0 aliphatic heterocycles.